The molecule has 0 aromatic rings. The number of rotatable bonds is 0. The lowest BCUT2D eigenvalue weighted by atomic mass is 9.50. The molecular weight excluding hydrogens is 276 g/mol. The molecule has 7 atom stereocenters. The molecule has 4 aliphatic rings. The predicted octanol–water partition coefficient (Wildman–Crippen LogP) is 3.34. The van der Waals surface area contributed by atoms with Gasteiger partial charge in [-0.15, -0.1) is 0 Å². The van der Waals surface area contributed by atoms with Crippen LogP contribution in [0.3, 0.4) is 0 Å². The van der Waals surface area contributed by atoms with Crippen LogP contribution in [-0.4, -0.2) is 29.2 Å². The van der Waals surface area contributed by atoms with E-state index in [1.54, 1.807) is 0 Å². The summed E-state index contributed by atoms with van der Waals surface area (Å²) in [6.45, 7) is 7.47. The van der Waals surface area contributed by atoms with E-state index >= 15 is 0 Å². The second-order valence-corrected chi connectivity index (χ2v) is 9.23. The molecule has 1 N–H and O–H groups in total. The van der Waals surface area contributed by atoms with Crippen molar-refractivity contribution in [3.05, 3.63) is 0 Å². The average Bonchev–Trinajstić information content (AvgIpc) is 2.70. The third kappa shape index (κ3) is 1.78. The Kier molecular flexibility index (Phi) is 3.14. The van der Waals surface area contributed by atoms with Crippen molar-refractivity contribution in [1.29, 1.82) is 0 Å². The number of carbonyl (C=O) groups excluding carboxylic acids is 1. The topological polar surface area (TPSA) is 46.5 Å². The summed E-state index contributed by atoms with van der Waals surface area (Å²) in [5.74, 6) is 1.90. The van der Waals surface area contributed by atoms with E-state index in [2.05, 4.69) is 13.8 Å². The quantitative estimate of drug-likeness (QED) is 0.746. The highest BCUT2D eigenvalue weighted by atomic mass is 16.5. The SMILES string of the molecule is CC1(O)CC[C@H]2[C@@H]3OCC4CC(=O)CC[C@]4(C)[C@@H]3CC[C@@]21C. The number of fused-ring (bicyclic) bond motifs is 5. The molecule has 0 aromatic heterocycles. The summed E-state index contributed by atoms with van der Waals surface area (Å²) in [7, 11) is 0. The third-order valence-corrected chi connectivity index (χ3v) is 8.44. The minimum absolute atomic E-state index is 0.00183. The van der Waals surface area contributed by atoms with Crippen molar-refractivity contribution in [3.8, 4) is 0 Å². The number of hydrogen-bond donors (Lipinski definition) is 1. The third-order valence-electron chi connectivity index (χ3n) is 8.44. The molecule has 124 valence electrons. The predicted molar refractivity (Wildman–Crippen MR) is 84.4 cm³/mol. The molecule has 3 saturated carbocycles. The van der Waals surface area contributed by atoms with Gasteiger partial charge < -0.3 is 9.84 Å². The van der Waals surface area contributed by atoms with Crippen LogP contribution in [-0.2, 0) is 9.53 Å². The van der Waals surface area contributed by atoms with E-state index < -0.39 is 5.60 Å². The Bertz CT molecular complexity index is 499. The number of hydrogen-bond acceptors (Lipinski definition) is 3. The van der Waals surface area contributed by atoms with E-state index in [1.165, 1.54) is 0 Å². The van der Waals surface area contributed by atoms with Crippen LogP contribution in [0, 0.1) is 28.6 Å². The van der Waals surface area contributed by atoms with Gasteiger partial charge in [0.25, 0.3) is 0 Å². The van der Waals surface area contributed by atoms with Crippen molar-refractivity contribution >= 4 is 5.78 Å². The van der Waals surface area contributed by atoms with Crippen molar-refractivity contribution < 1.29 is 14.6 Å². The molecule has 1 aliphatic heterocycles. The molecule has 1 saturated heterocycles. The molecule has 4 fully saturated rings. The van der Waals surface area contributed by atoms with E-state index in [-0.39, 0.29) is 10.8 Å². The average molecular weight is 306 g/mol. The van der Waals surface area contributed by atoms with Gasteiger partial charge in [-0.25, -0.2) is 0 Å². The molecule has 4 rings (SSSR count). The van der Waals surface area contributed by atoms with Crippen LogP contribution in [0.1, 0.15) is 65.7 Å². The van der Waals surface area contributed by atoms with E-state index in [9.17, 15) is 9.90 Å². The normalized spacial score (nSPS) is 57.9. The van der Waals surface area contributed by atoms with E-state index in [0.717, 1.165) is 51.6 Å². The van der Waals surface area contributed by atoms with Crippen LogP contribution in [0.15, 0.2) is 0 Å². The summed E-state index contributed by atoms with van der Waals surface area (Å²) < 4.78 is 6.37. The standard InChI is InChI=1S/C19H30O3/c1-17-7-4-13(20)10-12(17)11-22-16-14(17)5-8-18(2)15(16)6-9-19(18,3)21/h12,14-16,21H,4-11H2,1-3H3/t12?,14-,15+,16-,17+,18+,19?/m1/s1. The van der Waals surface area contributed by atoms with E-state index in [4.69, 9.17) is 4.74 Å². The summed E-state index contributed by atoms with van der Waals surface area (Å²) in [5.41, 5.74) is -0.277. The van der Waals surface area contributed by atoms with Gasteiger partial charge in [0.1, 0.15) is 5.78 Å². The van der Waals surface area contributed by atoms with E-state index in [0.29, 0.717) is 29.6 Å². The van der Waals surface area contributed by atoms with E-state index in [1.807, 2.05) is 6.92 Å². The maximum absolute atomic E-state index is 11.9. The monoisotopic (exact) mass is 306 g/mol. The lowest BCUT2D eigenvalue weighted by Crippen LogP contribution is -2.60. The first-order chi connectivity index (χ1) is 10.3. The number of ether oxygens (including phenoxy) is 1. The molecule has 0 spiro atoms. The fourth-order valence-electron chi connectivity index (χ4n) is 6.45. The Balaban J connectivity index is 1.65. The number of carbonyl (C=O) groups is 1. The van der Waals surface area contributed by atoms with Gasteiger partial charge in [0.05, 0.1) is 18.3 Å². The maximum Gasteiger partial charge on any atom is 0.133 e. The van der Waals surface area contributed by atoms with Crippen molar-refractivity contribution in [2.24, 2.45) is 28.6 Å². The van der Waals surface area contributed by atoms with Crippen LogP contribution in [0.5, 0.6) is 0 Å². The largest absolute Gasteiger partial charge is 0.390 e. The maximum atomic E-state index is 11.9. The van der Waals surface area contributed by atoms with Crippen LogP contribution in [0.2, 0.25) is 0 Å². The van der Waals surface area contributed by atoms with Crippen LogP contribution in [0.4, 0.5) is 0 Å². The highest BCUT2D eigenvalue weighted by Gasteiger charge is 2.64. The Morgan fingerprint density at radius 2 is 1.82 bits per heavy atom. The Hall–Kier alpha value is -0.410. The molecule has 0 aromatic carbocycles. The van der Waals surface area contributed by atoms with Gasteiger partial charge in [0.15, 0.2) is 0 Å². The second-order valence-electron chi connectivity index (χ2n) is 9.23. The van der Waals surface area contributed by atoms with Gasteiger partial charge in [-0.05, 0) is 62.2 Å². The molecule has 0 amide bonds. The van der Waals surface area contributed by atoms with Gasteiger partial charge in [-0.2, -0.15) is 0 Å². The molecule has 3 aliphatic carbocycles. The second kappa shape index (κ2) is 4.57. The van der Waals surface area contributed by atoms with Gasteiger partial charge in [-0.3, -0.25) is 4.79 Å². The Morgan fingerprint density at radius 1 is 1.09 bits per heavy atom. The summed E-state index contributed by atoms with van der Waals surface area (Å²) in [4.78, 5) is 11.9. The van der Waals surface area contributed by atoms with Gasteiger partial charge in [0, 0.05) is 18.3 Å². The minimum atomic E-state index is -0.549. The molecule has 3 heteroatoms. The molecule has 1 heterocycles. The lowest BCUT2D eigenvalue weighted by Gasteiger charge is -2.60. The van der Waals surface area contributed by atoms with Crippen molar-refractivity contribution in [2.75, 3.05) is 6.61 Å². The summed E-state index contributed by atoms with van der Waals surface area (Å²) in [6, 6.07) is 0. The highest BCUT2D eigenvalue weighted by Crippen LogP contribution is 2.64. The zero-order chi connectivity index (χ0) is 15.8. The molecule has 2 unspecified atom stereocenters. The Morgan fingerprint density at radius 3 is 2.59 bits per heavy atom. The van der Waals surface area contributed by atoms with Crippen molar-refractivity contribution in [2.45, 2.75) is 77.4 Å². The lowest BCUT2D eigenvalue weighted by molar-refractivity contribution is -0.216. The van der Waals surface area contributed by atoms with Gasteiger partial charge in [-0.1, -0.05) is 13.8 Å². The molecule has 22 heavy (non-hydrogen) atoms. The first-order valence-electron chi connectivity index (χ1n) is 9.14. The van der Waals surface area contributed by atoms with Crippen LogP contribution in [0.25, 0.3) is 0 Å². The first-order valence-corrected chi connectivity index (χ1v) is 9.14. The van der Waals surface area contributed by atoms with Crippen molar-refractivity contribution in [3.63, 3.8) is 0 Å². The van der Waals surface area contributed by atoms with Crippen molar-refractivity contribution in [1.82, 2.24) is 0 Å². The number of Topliss-reactive ketones (excluding diaryl/α,β-unsaturated/α-hetero) is 1. The number of ketones is 1. The first kappa shape index (κ1) is 15.1. The van der Waals surface area contributed by atoms with Gasteiger partial charge >= 0.3 is 0 Å². The smallest absolute Gasteiger partial charge is 0.133 e. The molecule has 0 bridgehead atoms. The minimum Gasteiger partial charge on any atom is -0.390 e. The number of aliphatic hydroxyl groups is 1. The fraction of sp³-hybridized carbons (Fsp3) is 0.947. The highest BCUT2D eigenvalue weighted by molar-refractivity contribution is 5.79. The summed E-state index contributed by atoms with van der Waals surface area (Å²) in [5, 5.41) is 10.9. The molecule has 0 radical (unpaired) electrons. The zero-order valence-corrected chi connectivity index (χ0v) is 14.2. The molecule has 3 nitrogen and oxygen atoms in total. The Labute approximate surface area is 133 Å². The fourth-order valence-corrected chi connectivity index (χ4v) is 6.45. The summed E-state index contributed by atoms with van der Waals surface area (Å²) in [6.07, 6.45) is 7.06. The van der Waals surface area contributed by atoms with Gasteiger partial charge in [0.2, 0.25) is 0 Å². The van der Waals surface area contributed by atoms with Crippen LogP contribution >= 0.6 is 0 Å². The van der Waals surface area contributed by atoms with Crippen LogP contribution < -0.4 is 0 Å². The molecular formula is C19H30O3. The zero-order valence-electron chi connectivity index (χ0n) is 14.2. The summed E-state index contributed by atoms with van der Waals surface area (Å²) >= 11 is 0.